The molecule has 2 aromatic heterocycles. The SMILES string of the molecule is Cc1cccnc1NC(=O)c1c(C)c2ccccc2[nH]c1=O. The molecule has 2 heterocycles. The van der Waals surface area contributed by atoms with Gasteiger partial charge in [0.2, 0.25) is 0 Å². The summed E-state index contributed by atoms with van der Waals surface area (Å²) in [5.41, 5.74) is 1.93. The fourth-order valence-corrected chi connectivity index (χ4v) is 2.47. The molecule has 0 aliphatic rings. The molecule has 0 atom stereocenters. The summed E-state index contributed by atoms with van der Waals surface area (Å²) >= 11 is 0. The van der Waals surface area contributed by atoms with Gasteiger partial charge in [-0.25, -0.2) is 4.98 Å². The van der Waals surface area contributed by atoms with Crippen LogP contribution in [-0.4, -0.2) is 15.9 Å². The average molecular weight is 293 g/mol. The summed E-state index contributed by atoms with van der Waals surface area (Å²) in [7, 11) is 0. The highest BCUT2D eigenvalue weighted by molar-refractivity contribution is 6.07. The van der Waals surface area contributed by atoms with Crippen LogP contribution in [-0.2, 0) is 0 Å². The Hall–Kier alpha value is -2.95. The number of aromatic amines is 1. The molecule has 0 aliphatic heterocycles. The van der Waals surface area contributed by atoms with E-state index >= 15 is 0 Å². The molecule has 2 N–H and O–H groups in total. The van der Waals surface area contributed by atoms with Crippen molar-refractivity contribution in [1.82, 2.24) is 9.97 Å². The number of carbonyl (C=O) groups is 1. The van der Waals surface area contributed by atoms with Crippen LogP contribution >= 0.6 is 0 Å². The Balaban J connectivity index is 2.08. The van der Waals surface area contributed by atoms with E-state index in [0.717, 1.165) is 16.5 Å². The van der Waals surface area contributed by atoms with Crippen molar-refractivity contribution in [3.05, 3.63) is 69.6 Å². The Morgan fingerprint density at radius 3 is 2.68 bits per heavy atom. The second kappa shape index (κ2) is 5.44. The fraction of sp³-hybridized carbons (Fsp3) is 0.118. The standard InChI is InChI=1S/C17H15N3O2/c1-10-6-5-9-18-15(10)20-17(22)14-11(2)12-7-3-4-8-13(12)19-16(14)21/h3-9H,1-2H3,(H,19,21)(H,18,20,22). The molecule has 3 aromatic rings. The molecule has 1 aromatic carbocycles. The number of aryl methyl sites for hydroxylation is 2. The fourth-order valence-electron chi connectivity index (χ4n) is 2.47. The van der Waals surface area contributed by atoms with E-state index in [-0.39, 0.29) is 5.56 Å². The topological polar surface area (TPSA) is 74.8 Å². The van der Waals surface area contributed by atoms with E-state index in [0.29, 0.717) is 11.4 Å². The number of amides is 1. The summed E-state index contributed by atoms with van der Waals surface area (Å²) in [4.78, 5) is 31.6. The second-order valence-electron chi connectivity index (χ2n) is 5.12. The van der Waals surface area contributed by atoms with Crippen molar-refractivity contribution in [3.8, 4) is 0 Å². The molecule has 0 saturated heterocycles. The molecule has 1 amide bonds. The maximum absolute atomic E-state index is 12.5. The van der Waals surface area contributed by atoms with Gasteiger partial charge in [0.25, 0.3) is 11.5 Å². The number of benzene rings is 1. The molecule has 0 bridgehead atoms. The van der Waals surface area contributed by atoms with Gasteiger partial charge in [-0.05, 0) is 37.1 Å². The number of hydrogen-bond acceptors (Lipinski definition) is 3. The number of anilines is 1. The maximum atomic E-state index is 12.5. The van der Waals surface area contributed by atoms with Crippen LogP contribution in [0.15, 0.2) is 47.4 Å². The number of nitrogens with zero attached hydrogens (tertiary/aromatic N) is 1. The monoisotopic (exact) mass is 293 g/mol. The normalized spacial score (nSPS) is 10.6. The molecule has 0 unspecified atom stereocenters. The Morgan fingerprint density at radius 1 is 1.14 bits per heavy atom. The van der Waals surface area contributed by atoms with Gasteiger partial charge in [0.05, 0.1) is 0 Å². The zero-order chi connectivity index (χ0) is 15.7. The van der Waals surface area contributed by atoms with Crippen molar-refractivity contribution >= 4 is 22.6 Å². The van der Waals surface area contributed by atoms with Crippen molar-refractivity contribution in [2.75, 3.05) is 5.32 Å². The number of hydrogen-bond donors (Lipinski definition) is 2. The second-order valence-corrected chi connectivity index (χ2v) is 5.12. The first-order chi connectivity index (χ1) is 10.6. The number of pyridine rings is 2. The van der Waals surface area contributed by atoms with Crippen LogP contribution in [0.1, 0.15) is 21.5 Å². The summed E-state index contributed by atoms with van der Waals surface area (Å²) in [5, 5.41) is 3.55. The molecule has 0 spiro atoms. The van der Waals surface area contributed by atoms with Crippen molar-refractivity contribution in [1.29, 1.82) is 0 Å². The molecule has 0 saturated carbocycles. The number of H-pyrrole nitrogens is 1. The summed E-state index contributed by atoms with van der Waals surface area (Å²) in [6, 6.07) is 11.0. The van der Waals surface area contributed by atoms with Crippen molar-refractivity contribution in [2.45, 2.75) is 13.8 Å². The highest BCUT2D eigenvalue weighted by Crippen LogP contribution is 2.18. The van der Waals surface area contributed by atoms with Gasteiger partial charge in [0.15, 0.2) is 0 Å². The van der Waals surface area contributed by atoms with Gasteiger partial charge in [-0.3, -0.25) is 9.59 Å². The Morgan fingerprint density at radius 2 is 1.91 bits per heavy atom. The predicted molar refractivity (Wildman–Crippen MR) is 86.2 cm³/mol. The number of para-hydroxylation sites is 1. The number of nitrogens with one attached hydrogen (secondary N) is 2. The molecule has 22 heavy (non-hydrogen) atoms. The van der Waals surface area contributed by atoms with E-state index in [2.05, 4.69) is 15.3 Å². The Kier molecular flexibility index (Phi) is 3.47. The third-order valence-corrected chi connectivity index (χ3v) is 3.65. The van der Waals surface area contributed by atoms with E-state index < -0.39 is 11.5 Å². The van der Waals surface area contributed by atoms with Crippen molar-refractivity contribution < 1.29 is 4.79 Å². The summed E-state index contributed by atoms with van der Waals surface area (Å²) in [5.74, 6) is 0.00533. The molecule has 0 radical (unpaired) electrons. The zero-order valence-corrected chi connectivity index (χ0v) is 12.3. The lowest BCUT2D eigenvalue weighted by Gasteiger charge is -2.10. The lowest BCUT2D eigenvalue weighted by molar-refractivity contribution is 0.102. The molecule has 5 heteroatoms. The first-order valence-corrected chi connectivity index (χ1v) is 6.92. The summed E-state index contributed by atoms with van der Waals surface area (Å²) in [6.45, 7) is 3.62. The van der Waals surface area contributed by atoms with E-state index in [1.165, 1.54) is 0 Å². The van der Waals surface area contributed by atoms with Gasteiger partial charge in [0, 0.05) is 17.1 Å². The Bertz CT molecular complexity index is 929. The van der Waals surface area contributed by atoms with Crippen LogP contribution in [0, 0.1) is 13.8 Å². The third-order valence-electron chi connectivity index (χ3n) is 3.65. The minimum atomic E-state index is -0.452. The van der Waals surface area contributed by atoms with Gasteiger partial charge < -0.3 is 10.3 Å². The molecule has 3 rings (SSSR count). The van der Waals surface area contributed by atoms with Gasteiger partial charge in [-0.1, -0.05) is 24.3 Å². The van der Waals surface area contributed by atoms with Crippen LogP contribution in [0.3, 0.4) is 0 Å². The first-order valence-electron chi connectivity index (χ1n) is 6.92. The smallest absolute Gasteiger partial charge is 0.262 e. The number of rotatable bonds is 2. The van der Waals surface area contributed by atoms with Crippen LogP contribution in [0.5, 0.6) is 0 Å². The van der Waals surface area contributed by atoms with Gasteiger partial charge in [-0.2, -0.15) is 0 Å². The zero-order valence-electron chi connectivity index (χ0n) is 12.3. The molecule has 0 fully saturated rings. The van der Waals surface area contributed by atoms with Crippen molar-refractivity contribution in [2.24, 2.45) is 0 Å². The number of carbonyl (C=O) groups excluding carboxylic acids is 1. The lowest BCUT2D eigenvalue weighted by Crippen LogP contribution is -2.25. The van der Waals surface area contributed by atoms with Crippen LogP contribution in [0.25, 0.3) is 10.9 Å². The first kappa shape index (κ1) is 14.0. The van der Waals surface area contributed by atoms with Crippen molar-refractivity contribution in [3.63, 3.8) is 0 Å². The highest BCUT2D eigenvalue weighted by Gasteiger charge is 2.17. The number of aromatic nitrogens is 2. The molecular formula is C17H15N3O2. The molecular weight excluding hydrogens is 278 g/mol. The molecule has 110 valence electrons. The van der Waals surface area contributed by atoms with E-state index in [1.807, 2.05) is 37.3 Å². The van der Waals surface area contributed by atoms with E-state index in [1.54, 1.807) is 19.2 Å². The summed E-state index contributed by atoms with van der Waals surface area (Å²) in [6.07, 6.45) is 1.60. The molecule has 0 aliphatic carbocycles. The number of fused-ring (bicyclic) bond motifs is 1. The van der Waals surface area contributed by atoms with Gasteiger partial charge in [0.1, 0.15) is 11.4 Å². The predicted octanol–water partition coefficient (Wildman–Crippen LogP) is 2.79. The third kappa shape index (κ3) is 2.37. The quantitative estimate of drug-likeness (QED) is 0.763. The summed E-state index contributed by atoms with van der Waals surface area (Å²) < 4.78 is 0. The maximum Gasteiger partial charge on any atom is 0.262 e. The van der Waals surface area contributed by atoms with Crippen LogP contribution in [0.2, 0.25) is 0 Å². The minimum absolute atomic E-state index is 0.115. The lowest BCUT2D eigenvalue weighted by atomic mass is 10.0. The molecule has 5 nitrogen and oxygen atoms in total. The minimum Gasteiger partial charge on any atom is -0.321 e. The van der Waals surface area contributed by atoms with Crippen LogP contribution in [0.4, 0.5) is 5.82 Å². The average Bonchev–Trinajstić information content (AvgIpc) is 2.49. The largest absolute Gasteiger partial charge is 0.321 e. The van der Waals surface area contributed by atoms with Gasteiger partial charge in [-0.15, -0.1) is 0 Å². The van der Waals surface area contributed by atoms with E-state index in [4.69, 9.17) is 0 Å². The van der Waals surface area contributed by atoms with E-state index in [9.17, 15) is 9.59 Å². The Labute approximate surface area is 127 Å². The highest BCUT2D eigenvalue weighted by atomic mass is 16.2. The van der Waals surface area contributed by atoms with Crippen LogP contribution < -0.4 is 10.9 Å². The van der Waals surface area contributed by atoms with Gasteiger partial charge >= 0.3 is 0 Å².